The molecule has 8 heteroatoms. The van der Waals surface area contributed by atoms with Crippen LogP contribution in [-0.4, -0.2) is 11.3 Å². The quantitative estimate of drug-likeness (QED) is 0.740. The average Bonchev–Trinajstić information content (AvgIpc) is 2.26. The summed E-state index contributed by atoms with van der Waals surface area (Å²) >= 11 is 0. The summed E-state index contributed by atoms with van der Waals surface area (Å²) in [4.78, 5) is 3.38. The van der Waals surface area contributed by atoms with Crippen molar-refractivity contribution in [1.29, 1.82) is 15.8 Å². The molecule has 1 rings (SSSR count). The summed E-state index contributed by atoms with van der Waals surface area (Å²) in [7, 11) is 0. The second-order valence-corrected chi connectivity index (χ2v) is 2.61. The van der Waals surface area contributed by atoms with Gasteiger partial charge in [-0.2, -0.15) is 15.8 Å². The van der Waals surface area contributed by atoms with E-state index in [0.29, 0.717) is 0 Å². The number of nitriles is 3. The summed E-state index contributed by atoms with van der Waals surface area (Å²) in [6.45, 7) is 0. The fourth-order valence-corrected chi connectivity index (χ4v) is 0.984. The maximum absolute atomic E-state index is 12.1. The normalized spacial score (nSPS) is 9.88. The fourth-order valence-electron chi connectivity index (χ4n) is 0.984. The average molecular weight is 238 g/mol. The maximum atomic E-state index is 12.1. The number of nitrogens with zero attached hydrogens (tertiary/aromatic N) is 4. The van der Waals surface area contributed by atoms with E-state index in [9.17, 15) is 13.2 Å². The van der Waals surface area contributed by atoms with Crippen molar-refractivity contribution in [3.8, 4) is 24.0 Å². The molecule has 0 radical (unpaired) electrons. The first kappa shape index (κ1) is 12.3. The standard InChI is InChI=1S/C9HF3N4O/c10-9(11,12)17-8-5(1-13)4-16-7(3-15)6(8)2-14/h4H. The molecule has 0 aliphatic carbocycles. The Bertz CT molecular complexity index is 574. The first-order chi connectivity index (χ1) is 7.92. The van der Waals surface area contributed by atoms with Gasteiger partial charge in [-0.25, -0.2) is 4.98 Å². The van der Waals surface area contributed by atoms with E-state index < -0.39 is 28.9 Å². The highest BCUT2D eigenvalue weighted by Crippen LogP contribution is 2.30. The van der Waals surface area contributed by atoms with Gasteiger partial charge in [0, 0.05) is 0 Å². The number of rotatable bonds is 1. The Balaban J connectivity index is 3.50. The van der Waals surface area contributed by atoms with Crippen LogP contribution in [0.3, 0.4) is 0 Å². The Kier molecular flexibility index (Phi) is 3.16. The van der Waals surface area contributed by atoms with Crippen LogP contribution in [0.5, 0.6) is 5.75 Å². The molecule has 0 saturated heterocycles. The molecule has 1 heterocycles. The molecule has 0 spiro atoms. The minimum Gasteiger partial charge on any atom is -0.403 e. The van der Waals surface area contributed by atoms with Crippen molar-refractivity contribution in [2.24, 2.45) is 0 Å². The van der Waals surface area contributed by atoms with Crippen LogP contribution in [0.25, 0.3) is 0 Å². The van der Waals surface area contributed by atoms with Crippen molar-refractivity contribution < 1.29 is 17.9 Å². The highest BCUT2D eigenvalue weighted by atomic mass is 19.4. The maximum Gasteiger partial charge on any atom is 0.573 e. The molecule has 0 atom stereocenters. The van der Waals surface area contributed by atoms with E-state index in [1.165, 1.54) is 18.2 Å². The Morgan fingerprint density at radius 2 is 1.76 bits per heavy atom. The van der Waals surface area contributed by atoms with Gasteiger partial charge in [-0.1, -0.05) is 0 Å². The van der Waals surface area contributed by atoms with Crippen molar-refractivity contribution in [3.63, 3.8) is 0 Å². The van der Waals surface area contributed by atoms with Gasteiger partial charge in [-0.05, 0) is 0 Å². The van der Waals surface area contributed by atoms with Gasteiger partial charge >= 0.3 is 6.36 Å². The Morgan fingerprint density at radius 1 is 1.12 bits per heavy atom. The lowest BCUT2D eigenvalue weighted by atomic mass is 10.1. The van der Waals surface area contributed by atoms with Gasteiger partial charge in [0.05, 0.1) is 6.20 Å². The molecule has 0 saturated carbocycles. The predicted molar refractivity (Wildman–Crippen MR) is 45.1 cm³/mol. The zero-order valence-electron chi connectivity index (χ0n) is 7.91. The lowest BCUT2D eigenvalue weighted by Gasteiger charge is -2.11. The zero-order valence-corrected chi connectivity index (χ0v) is 7.91. The molecule has 1 aromatic rings. The van der Waals surface area contributed by atoms with Gasteiger partial charge in [-0.15, -0.1) is 13.2 Å². The van der Waals surface area contributed by atoms with Crippen LogP contribution in [-0.2, 0) is 0 Å². The molecule has 1 aromatic heterocycles. The molecule has 0 amide bonds. The van der Waals surface area contributed by atoms with Crippen LogP contribution in [0.1, 0.15) is 16.8 Å². The molecule has 0 aromatic carbocycles. The van der Waals surface area contributed by atoms with Crippen LogP contribution < -0.4 is 4.74 Å². The summed E-state index contributed by atoms with van der Waals surface area (Å²) in [6, 6.07) is 4.18. The van der Waals surface area contributed by atoms with Crippen molar-refractivity contribution in [2.45, 2.75) is 6.36 Å². The molecule has 17 heavy (non-hydrogen) atoms. The molecule has 0 N–H and O–H groups in total. The molecular formula is C9HF3N4O. The second-order valence-electron chi connectivity index (χ2n) is 2.61. The van der Waals surface area contributed by atoms with E-state index in [-0.39, 0.29) is 0 Å². The number of halogens is 3. The molecular weight excluding hydrogens is 237 g/mol. The Labute approximate surface area is 92.9 Å². The van der Waals surface area contributed by atoms with Crippen molar-refractivity contribution in [1.82, 2.24) is 4.98 Å². The molecule has 0 unspecified atom stereocenters. The van der Waals surface area contributed by atoms with Crippen LogP contribution in [0.15, 0.2) is 6.20 Å². The Hall–Kier alpha value is -2.79. The highest BCUT2D eigenvalue weighted by molar-refractivity contribution is 5.57. The summed E-state index contributed by atoms with van der Waals surface area (Å²) in [5.41, 5.74) is -1.83. The number of hydrogen-bond donors (Lipinski definition) is 0. The van der Waals surface area contributed by atoms with Gasteiger partial charge in [-0.3, -0.25) is 0 Å². The van der Waals surface area contributed by atoms with Crippen LogP contribution in [0.2, 0.25) is 0 Å². The largest absolute Gasteiger partial charge is 0.573 e. The number of alkyl halides is 3. The third-order valence-electron chi connectivity index (χ3n) is 1.59. The van der Waals surface area contributed by atoms with Crippen LogP contribution >= 0.6 is 0 Å². The summed E-state index contributed by atoms with van der Waals surface area (Å²) in [5.74, 6) is -1.01. The minimum absolute atomic E-state index is 0.536. The lowest BCUT2D eigenvalue weighted by molar-refractivity contribution is -0.274. The van der Waals surface area contributed by atoms with Crippen molar-refractivity contribution in [2.75, 3.05) is 0 Å². The molecule has 0 bridgehead atoms. The highest BCUT2D eigenvalue weighted by Gasteiger charge is 2.34. The number of pyridine rings is 1. The molecule has 5 nitrogen and oxygen atoms in total. The predicted octanol–water partition coefficient (Wildman–Crippen LogP) is 1.60. The first-order valence-electron chi connectivity index (χ1n) is 3.92. The third kappa shape index (κ3) is 2.61. The van der Waals surface area contributed by atoms with Crippen molar-refractivity contribution in [3.05, 3.63) is 23.0 Å². The van der Waals surface area contributed by atoms with E-state index in [0.717, 1.165) is 6.20 Å². The van der Waals surface area contributed by atoms with E-state index in [2.05, 4.69) is 9.72 Å². The van der Waals surface area contributed by atoms with Gasteiger partial charge < -0.3 is 4.74 Å². The van der Waals surface area contributed by atoms with E-state index in [1.54, 1.807) is 0 Å². The molecule has 0 fully saturated rings. The topological polar surface area (TPSA) is 93.5 Å². The lowest BCUT2D eigenvalue weighted by Crippen LogP contribution is -2.19. The monoisotopic (exact) mass is 238 g/mol. The van der Waals surface area contributed by atoms with Gasteiger partial charge in [0.15, 0.2) is 11.4 Å². The third-order valence-corrected chi connectivity index (χ3v) is 1.59. The zero-order chi connectivity index (χ0) is 13.1. The van der Waals surface area contributed by atoms with Gasteiger partial charge in [0.1, 0.15) is 29.3 Å². The molecule has 84 valence electrons. The van der Waals surface area contributed by atoms with Crippen LogP contribution in [0, 0.1) is 34.0 Å². The number of ether oxygens (including phenoxy) is 1. The summed E-state index contributed by atoms with van der Waals surface area (Å²) in [6.07, 6.45) is -4.33. The van der Waals surface area contributed by atoms with E-state index in [4.69, 9.17) is 15.8 Å². The van der Waals surface area contributed by atoms with E-state index >= 15 is 0 Å². The summed E-state index contributed by atoms with van der Waals surface area (Å²) < 4.78 is 39.7. The van der Waals surface area contributed by atoms with E-state index in [1.807, 2.05) is 0 Å². The van der Waals surface area contributed by atoms with Gasteiger partial charge in [0.2, 0.25) is 0 Å². The van der Waals surface area contributed by atoms with Crippen molar-refractivity contribution >= 4 is 0 Å². The van der Waals surface area contributed by atoms with Gasteiger partial charge in [0.25, 0.3) is 0 Å². The number of hydrogen-bond acceptors (Lipinski definition) is 5. The SMILES string of the molecule is N#Cc1cnc(C#N)c(C#N)c1OC(F)(F)F. The summed E-state index contributed by atoms with van der Waals surface area (Å²) in [5, 5.41) is 25.8. The fraction of sp³-hybridized carbons (Fsp3) is 0.111. The minimum atomic E-state index is -5.06. The van der Waals surface area contributed by atoms with Crippen LogP contribution in [0.4, 0.5) is 13.2 Å². The first-order valence-corrected chi connectivity index (χ1v) is 3.92. The Morgan fingerprint density at radius 3 is 2.18 bits per heavy atom. The smallest absolute Gasteiger partial charge is 0.403 e. The molecule has 0 aliphatic heterocycles. The number of aromatic nitrogens is 1. The molecule has 0 aliphatic rings. The second kappa shape index (κ2) is 4.38.